The lowest BCUT2D eigenvalue weighted by Crippen LogP contribution is -2.30. The Kier molecular flexibility index (Phi) is 46.2. The average molecular weight is 835 g/mol. The van der Waals surface area contributed by atoms with Gasteiger partial charge in [-0.25, -0.2) is 0 Å². The van der Waals surface area contributed by atoms with Crippen LogP contribution in [0, 0.1) is 5.92 Å². The molecule has 59 heavy (non-hydrogen) atoms. The summed E-state index contributed by atoms with van der Waals surface area (Å²) in [6, 6.07) is 0. The maximum Gasteiger partial charge on any atom is 0.306 e. The van der Waals surface area contributed by atoms with Crippen molar-refractivity contribution in [1.29, 1.82) is 0 Å². The van der Waals surface area contributed by atoms with Crippen LogP contribution in [0.5, 0.6) is 0 Å². The second kappa shape index (κ2) is 47.5. The Labute approximate surface area is 368 Å². The van der Waals surface area contributed by atoms with Crippen LogP contribution in [0.3, 0.4) is 0 Å². The van der Waals surface area contributed by atoms with Crippen molar-refractivity contribution in [3.05, 3.63) is 0 Å². The molecule has 0 saturated heterocycles. The van der Waals surface area contributed by atoms with Gasteiger partial charge >= 0.3 is 17.9 Å². The summed E-state index contributed by atoms with van der Waals surface area (Å²) in [5.74, 6) is -0.0851. The van der Waals surface area contributed by atoms with Gasteiger partial charge in [0.2, 0.25) is 0 Å². The maximum atomic E-state index is 12.8. The van der Waals surface area contributed by atoms with Gasteiger partial charge in [0.05, 0.1) is 0 Å². The molecule has 0 bridgehead atoms. The first-order valence-corrected chi connectivity index (χ1v) is 26.4. The van der Waals surface area contributed by atoms with E-state index in [0.717, 1.165) is 63.7 Å². The van der Waals surface area contributed by atoms with Crippen molar-refractivity contribution >= 4 is 17.9 Å². The Bertz CT molecular complexity index is 887. The summed E-state index contributed by atoms with van der Waals surface area (Å²) in [6.45, 7) is 8.96. The standard InChI is InChI=1S/C53H102O6/c1-5-7-9-11-13-15-17-19-21-22-23-24-26-27-29-31-36-40-44-51(54)57-47-50(48-58-52(55)45-41-37-34-33-35-39-43-49(3)4)59-53(56)46-42-38-32-30-28-25-20-18-16-14-12-10-8-6-2/h49-50H,5-48H2,1-4H3/t50-/m1/s1. The third kappa shape index (κ3) is 47.3. The smallest absolute Gasteiger partial charge is 0.306 e. The first kappa shape index (κ1) is 57.4. The molecule has 0 spiro atoms. The monoisotopic (exact) mass is 835 g/mol. The van der Waals surface area contributed by atoms with Gasteiger partial charge in [-0.15, -0.1) is 0 Å². The van der Waals surface area contributed by atoms with Gasteiger partial charge < -0.3 is 14.2 Å². The highest BCUT2D eigenvalue weighted by Gasteiger charge is 2.19. The number of ether oxygens (including phenoxy) is 3. The summed E-state index contributed by atoms with van der Waals surface area (Å²) in [5.41, 5.74) is 0. The average Bonchev–Trinajstić information content (AvgIpc) is 3.22. The number of hydrogen-bond acceptors (Lipinski definition) is 6. The van der Waals surface area contributed by atoms with Gasteiger partial charge in [0.25, 0.3) is 0 Å². The van der Waals surface area contributed by atoms with Crippen molar-refractivity contribution in [3.8, 4) is 0 Å². The quantitative estimate of drug-likeness (QED) is 0.0345. The Hall–Kier alpha value is -1.59. The molecule has 0 aromatic heterocycles. The molecule has 0 aliphatic heterocycles. The minimum absolute atomic E-state index is 0.0635. The fourth-order valence-electron chi connectivity index (χ4n) is 8.04. The molecule has 0 saturated carbocycles. The van der Waals surface area contributed by atoms with Crippen LogP contribution in [-0.2, 0) is 28.6 Å². The second-order valence-corrected chi connectivity index (χ2v) is 18.6. The van der Waals surface area contributed by atoms with Crippen LogP contribution in [0.15, 0.2) is 0 Å². The van der Waals surface area contributed by atoms with Crippen LogP contribution in [0.2, 0.25) is 0 Å². The van der Waals surface area contributed by atoms with E-state index in [0.29, 0.717) is 19.3 Å². The molecule has 1 atom stereocenters. The largest absolute Gasteiger partial charge is 0.462 e. The fraction of sp³-hybridized carbons (Fsp3) is 0.943. The summed E-state index contributed by atoms with van der Waals surface area (Å²) >= 11 is 0. The molecule has 0 amide bonds. The third-order valence-corrected chi connectivity index (χ3v) is 12.0. The Balaban J connectivity index is 4.23. The molecule has 6 nitrogen and oxygen atoms in total. The fourth-order valence-corrected chi connectivity index (χ4v) is 8.04. The van der Waals surface area contributed by atoms with E-state index < -0.39 is 6.10 Å². The number of rotatable bonds is 48. The van der Waals surface area contributed by atoms with Gasteiger partial charge in [0, 0.05) is 19.3 Å². The molecule has 0 radical (unpaired) electrons. The van der Waals surface area contributed by atoms with Gasteiger partial charge in [0.1, 0.15) is 13.2 Å². The zero-order chi connectivity index (χ0) is 43.1. The molecule has 0 aromatic rings. The summed E-state index contributed by atoms with van der Waals surface area (Å²) in [7, 11) is 0. The van der Waals surface area contributed by atoms with Crippen molar-refractivity contribution in [2.45, 2.75) is 303 Å². The summed E-state index contributed by atoms with van der Waals surface area (Å²) in [4.78, 5) is 37.9. The van der Waals surface area contributed by atoms with E-state index >= 15 is 0 Å². The minimum atomic E-state index is -0.761. The van der Waals surface area contributed by atoms with Crippen molar-refractivity contribution in [1.82, 2.24) is 0 Å². The Morgan fingerprint density at radius 3 is 0.831 bits per heavy atom. The van der Waals surface area contributed by atoms with E-state index in [9.17, 15) is 14.4 Å². The van der Waals surface area contributed by atoms with Gasteiger partial charge in [0.15, 0.2) is 6.10 Å². The molecule has 0 N–H and O–H groups in total. The first-order valence-electron chi connectivity index (χ1n) is 26.4. The highest BCUT2D eigenvalue weighted by molar-refractivity contribution is 5.71. The number of hydrogen-bond donors (Lipinski definition) is 0. The highest BCUT2D eigenvalue weighted by Crippen LogP contribution is 2.17. The van der Waals surface area contributed by atoms with E-state index in [2.05, 4.69) is 27.7 Å². The molecular weight excluding hydrogens is 733 g/mol. The third-order valence-electron chi connectivity index (χ3n) is 12.0. The van der Waals surface area contributed by atoms with Gasteiger partial charge in [-0.05, 0) is 25.2 Å². The molecule has 0 fully saturated rings. The zero-order valence-electron chi connectivity index (χ0n) is 40.2. The lowest BCUT2D eigenvalue weighted by molar-refractivity contribution is -0.167. The topological polar surface area (TPSA) is 78.9 Å². The van der Waals surface area contributed by atoms with E-state index in [1.807, 2.05) is 0 Å². The van der Waals surface area contributed by atoms with Crippen LogP contribution in [0.4, 0.5) is 0 Å². The van der Waals surface area contributed by atoms with Crippen LogP contribution in [0.25, 0.3) is 0 Å². The zero-order valence-corrected chi connectivity index (χ0v) is 40.2. The van der Waals surface area contributed by atoms with Crippen molar-refractivity contribution in [3.63, 3.8) is 0 Å². The number of unbranched alkanes of at least 4 members (excludes halogenated alkanes) is 35. The normalized spacial score (nSPS) is 11.9. The molecule has 0 rings (SSSR count). The lowest BCUT2D eigenvalue weighted by atomic mass is 10.0. The minimum Gasteiger partial charge on any atom is -0.462 e. The van der Waals surface area contributed by atoms with Crippen LogP contribution in [0.1, 0.15) is 297 Å². The lowest BCUT2D eigenvalue weighted by Gasteiger charge is -2.18. The molecule has 6 heteroatoms. The molecule has 0 aromatic carbocycles. The van der Waals surface area contributed by atoms with E-state index in [-0.39, 0.29) is 31.1 Å². The van der Waals surface area contributed by atoms with E-state index in [4.69, 9.17) is 14.2 Å². The Morgan fingerprint density at radius 1 is 0.322 bits per heavy atom. The predicted molar refractivity (Wildman–Crippen MR) is 252 cm³/mol. The van der Waals surface area contributed by atoms with Crippen molar-refractivity contribution in [2.24, 2.45) is 5.92 Å². The van der Waals surface area contributed by atoms with Gasteiger partial charge in [-0.3, -0.25) is 14.4 Å². The van der Waals surface area contributed by atoms with Crippen LogP contribution < -0.4 is 0 Å². The first-order chi connectivity index (χ1) is 28.9. The van der Waals surface area contributed by atoms with E-state index in [1.165, 1.54) is 193 Å². The number of esters is 3. The predicted octanol–water partition coefficient (Wildman–Crippen LogP) is 17.1. The highest BCUT2D eigenvalue weighted by atomic mass is 16.6. The molecule has 0 unspecified atom stereocenters. The number of carbonyl (C=O) groups excluding carboxylic acids is 3. The molecule has 0 aliphatic carbocycles. The maximum absolute atomic E-state index is 12.8. The molecule has 0 aliphatic rings. The van der Waals surface area contributed by atoms with Gasteiger partial charge in [-0.2, -0.15) is 0 Å². The van der Waals surface area contributed by atoms with Gasteiger partial charge in [-0.1, -0.05) is 259 Å². The molecule has 350 valence electrons. The molecule has 0 heterocycles. The molecular formula is C53H102O6. The summed E-state index contributed by atoms with van der Waals surface area (Å²) < 4.78 is 16.8. The summed E-state index contributed by atoms with van der Waals surface area (Å²) in [6.07, 6.45) is 49.6. The Morgan fingerprint density at radius 2 is 0.559 bits per heavy atom. The van der Waals surface area contributed by atoms with Crippen molar-refractivity contribution < 1.29 is 28.6 Å². The summed E-state index contributed by atoms with van der Waals surface area (Å²) in [5, 5.41) is 0. The number of carbonyl (C=O) groups is 3. The second-order valence-electron chi connectivity index (χ2n) is 18.6. The van der Waals surface area contributed by atoms with Crippen LogP contribution >= 0.6 is 0 Å². The van der Waals surface area contributed by atoms with Crippen LogP contribution in [-0.4, -0.2) is 37.2 Å². The van der Waals surface area contributed by atoms with Crippen molar-refractivity contribution in [2.75, 3.05) is 13.2 Å². The SMILES string of the molecule is CCCCCCCCCCCCCCCCCCCCC(=O)OC[C@H](COC(=O)CCCCCCCCC(C)C)OC(=O)CCCCCCCCCCCCCCCC. The van der Waals surface area contributed by atoms with E-state index in [1.54, 1.807) is 0 Å².